The third kappa shape index (κ3) is 5.63. The molecule has 1 saturated heterocycles. The number of nitriles is 1. The second kappa shape index (κ2) is 12.8. The first-order valence-corrected chi connectivity index (χ1v) is 18.1. The third-order valence-electron chi connectivity index (χ3n) is 12.5. The molecule has 53 heavy (non-hydrogen) atoms. The number of ether oxygens (including phenoxy) is 4. The topological polar surface area (TPSA) is 144 Å². The van der Waals surface area contributed by atoms with Crippen molar-refractivity contribution in [2.75, 3.05) is 25.6 Å². The van der Waals surface area contributed by atoms with Gasteiger partial charge in [-0.25, -0.2) is 9.59 Å². The van der Waals surface area contributed by atoms with E-state index in [0.29, 0.717) is 37.0 Å². The monoisotopic (exact) mass is 717 g/mol. The van der Waals surface area contributed by atoms with Crippen molar-refractivity contribution in [3.05, 3.63) is 112 Å². The van der Waals surface area contributed by atoms with Crippen molar-refractivity contribution >= 4 is 11.7 Å². The third-order valence-corrected chi connectivity index (χ3v) is 12.5. The van der Waals surface area contributed by atoms with E-state index >= 15 is 0 Å². The molecule has 3 unspecified atom stereocenters. The van der Waals surface area contributed by atoms with Gasteiger partial charge < -0.3 is 33.4 Å². The number of pyridine rings is 1. The van der Waals surface area contributed by atoms with Crippen molar-refractivity contribution in [3.8, 4) is 23.1 Å². The summed E-state index contributed by atoms with van der Waals surface area (Å²) in [5, 5.41) is 21.7. The summed E-state index contributed by atoms with van der Waals surface area (Å²) in [4.78, 5) is 33.8. The zero-order chi connectivity index (χ0) is 37.3. The lowest BCUT2D eigenvalue weighted by Crippen LogP contribution is -2.71. The van der Waals surface area contributed by atoms with E-state index in [9.17, 15) is 20.0 Å². The van der Waals surface area contributed by atoms with E-state index in [2.05, 4.69) is 24.9 Å². The van der Waals surface area contributed by atoms with Crippen molar-refractivity contribution in [2.24, 2.45) is 22.7 Å². The summed E-state index contributed by atoms with van der Waals surface area (Å²) in [5.74, 6) is -1.01. The van der Waals surface area contributed by atoms with E-state index in [4.69, 9.17) is 23.4 Å². The van der Waals surface area contributed by atoms with Gasteiger partial charge in [0.2, 0.25) is 0 Å². The fraction of sp³-hybridized carbons (Fsp3) is 0.429. The number of carbonyl (C=O) groups excluding carboxylic acids is 1. The number of aliphatic hydroxyl groups is 1. The molecule has 9 atom stereocenters. The molecule has 1 N–H and O–H groups in total. The Bertz CT molecular complexity index is 2130. The maximum absolute atomic E-state index is 13.9. The molecular formula is C42H43N3O8. The summed E-state index contributed by atoms with van der Waals surface area (Å²) < 4.78 is 32.4. The van der Waals surface area contributed by atoms with Crippen LogP contribution in [0.4, 0.5) is 5.69 Å². The van der Waals surface area contributed by atoms with Crippen molar-refractivity contribution in [2.45, 2.75) is 70.2 Å². The minimum Gasteiger partial charge on any atom is -0.482 e. The molecule has 3 fully saturated rings. The molecule has 2 saturated carbocycles. The minimum absolute atomic E-state index is 0.0452. The summed E-state index contributed by atoms with van der Waals surface area (Å²) in [5.41, 5.74) is 0.249. The van der Waals surface area contributed by atoms with Crippen LogP contribution in [-0.2, 0) is 14.2 Å². The van der Waals surface area contributed by atoms with Crippen LogP contribution in [0.25, 0.3) is 11.3 Å². The normalized spacial score (nSPS) is 32.8. The average Bonchev–Trinajstić information content (AvgIpc) is 3.15. The minimum atomic E-state index is -1.29. The fourth-order valence-corrected chi connectivity index (χ4v) is 9.84. The highest BCUT2D eigenvalue weighted by atomic mass is 16.7. The summed E-state index contributed by atoms with van der Waals surface area (Å²) in [6.07, 6.45) is 2.09. The van der Waals surface area contributed by atoms with Gasteiger partial charge in [-0.05, 0) is 86.1 Å². The fourth-order valence-electron chi connectivity index (χ4n) is 9.84. The zero-order valence-electron chi connectivity index (χ0n) is 30.4. The summed E-state index contributed by atoms with van der Waals surface area (Å²) in [6, 6.07) is 21.6. The number of fused-ring (bicyclic) bond motifs is 6. The average molecular weight is 718 g/mol. The van der Waals surface area contributed by atoms with Gasteiger partial charge in [0.25, 0.3) is 0 Å². The lowest BCUT2D eigenvalue weighted by atomic mass is 9.42. The lowest BCUT2D eigenvalue weighted by molar-refractivity contribution is -0.330. The van der Waals surface area contributed by atoms with Gasteiger partial charge in [0.1, 0.15) is 28.8 Å². The number of nitrogens with zero attached hydrogens (tertiary/aromatic N) is 3. The first-order chi connectivity index (χ1) is 25.4. The van der Waals surface area contributed by atoms with E-state index < -0.39 is 52.4 Å². The largest absolute Gasteiger partial charge is 0.482 e. The molecule has 8 rings (SSSR count). The van der Waals surface area contributed by atoms with Crippen LogP contribution in [0.1, 0.15) is 79.5 Å². The Kier molecular flexibility index (Phi) is 8.48. The molecule has 0 amide bonds. The Balaban J connectivity index is 1.18. The van der Waals surface area contributed by atoms with Crippen molar-refractivity contribution in [3.63, 3.8) is 0 Å². The predicted molar refractivity (Wildman–Crippen MR) is 194 cm³/mol. The Morgan fingerprint density at radius 2 is 1.81 bits per heavy atom. The van der Waals surface area contributed by atoms with Gasteiger partial charge in [0.05, 0.1) is 36.0 Å². The molecule has 0 spiro atoms. The van der Waals surface area contributed by atoms with Crippen molar-refractivity contribution in [1.29, 1.82) is 5.26 Å². The molecule has 4 aliphatic rings. The highest BCUT2D eigenvalue weighted by molar-refractivity contribution is 5.89. The highest BCUT2D eigenvalue weighted by Crippen LogP contribution is 2.68. The molecular weight excluding hydrogens is 674 g/mol. The second-order valence-electron chi connectivity index (χ2n) is 15.8. The highest BCUT2D eigenvalue weighted by Gasteiger charge is 2.71. The number of aliphatic hydroxyl groups excluding tert-OH is 1. The molecule has 4 heterocycles. The standard InChI is InChI=1S/C42H43N3O8/c1-40-17-16-32-41(2,23-49-39(52-32)26-12-14-28(15-13-26)45(4)5)31(40)20-33(51-37(47)25-10-8-24(21-43)9-11-25)42(3)36(40)35(46)34-30(53-42)19-29(50-38(34)48)27-7-6-18-44-22-27/h6-15,18-19,22,31-33,35-36,39,46H,16-17,20,23H2,1-5H3/t31?,32-,33-,35-,36?,39+,40-,41?,42+/m0/s1. The van der Waals surface area contributed by atoms with Gasteiger partial charge in [0, 0.05) is 60.7 Å². The predicted octanol–water partition coefficient (Wildman–Crippen LogP) is 6.61. The van der Waals surface area contributed by atoms with E-state index in [1.807, 2.05) is 50.2 Å². The number of aromatic nitrogens is 1. The first kappa shape index (κ1) is 35.0. The summed E-state index contributed by atoms with van der Waals surface area (Å²) >= 11 is 0. The molecule has 11 heteroatoms. The maximum Gasteiger partial charge on any atom is 0.345 e. The number of rotatable bonds is 5. The quantitative estimate of drug-likeness (QED) is 0.223. The van der Waals surface area contributed by atoms with Gasteiger partial charge in [-0.2, -0.15) is 5.26 Å². The number of benzene rings is 2. The molecule has 2 aromatic carbocycles. The Labute approximate surface area is 308 Å². The Morgan fingerprint density at radius 1 is 1.06 bits per heavy atom. The number of anilines is 1. The molecule has 2 aliphatic heterocycles. The first-order valence-electron chi connectivity index (χ1n) is 18.1. The van der Waals surface area contributed by atoms with Gasteiger partial charge >= 0.3 is 11.6 Å². The maximum atomic E-state index is 13.9. The Morgan fingerprint density at radius 3 is 2.49 bits per heavy atom. The Hall–Kier alpha value is -5.02. The van der Waals surface area contributed by atoms with Gasteiger partial charge in [-0.3, -0.25) is 4.98 Å². The van der Waals surface area contributed by atoms with E-state index in [-0.39, 0.29) is 34.7 Å². The van der Waals surface area contributed by atoms with Crippen LogP contribution < -0.4 is 15.3 Å². The SMILES string of the molecule is CN(C)c1ccc([C@@H]2OCC3(C)C4C[C@H](OC(=O)c5ccc(C#N)cc5)[C@@]5(C)Oc6cc(-c7cccnc7)oc(=O)c6[C@H](O)C5[C@@]4(C)CC[C@@H]3O2)cc1. The van der Waals surface area contributed by atoms with Crippen LogP contribution in [0.2, 0.25) is 0 Å². The van der Waals surface area contributed by atoms with Crippen LogP contribution in [-0.4, -0.2) is 54.6 Å². The molecule has 2 aliphatic carbocycles. The van der Waals surface area contributed by atoms with E-state index in [1.54, 1.807) is 54.9 Å². The van der Waals surface area contributed by atoms with Crippen LogP contribution in [0.15, 0.2) is 88.3 Å². The van der Waals surface area contributed by atoms with Gasteiger partial charge in [0.15, 0.2) is 6.29 Å². The molecule has 0 bridgehead atoms. The number of carbonyl (C=O) groups is 1. The van der Waals surface area contributed by atoms with Crippen molar-refractivity contribution < 1.29 is 33.3 Å². The summed E-state index contributed by atoms with van der Waals surface area (Å²) in [6.45, 7) is 6.56. The lowest BCUT2D eigenvalue weighted by Gasteiger charge is -2.67. The number of esters is 1. The smallest absolute Gasteiger partial charge is 0.345 e. The van der Waals surface area contributed by atoms with Gasteiger partial charge in [-0.15, -0.1) is 0 Å². The molecule has 0 radical (unpaired) electrons. The van der Waals surface area contributed by atoms with Gasteiger partial charge in [-0.1, -0.05) is 26.0 Å². The zero-order valence-corrected chi connectivity index (χ0v) is 30.4. The van der Waals surface area contributed by atoms with Crippen LogP contribution in [0, 0.1) is 34.0 Å². The van der Waals surface area contributed by atoms with Crippen molar-refractivity contribution in [1.82, 2.24) is 4.98 Å². The number of hydrogen-bond donors (Lipinski definition) is 1. The second-order valence-corrected chi connectivity index (χ2v) is 15.8. The van der Waals surface area contributed by atoms with E-state index in [0.717, 1.165) is 11.3 Å². The summed E-state index contributed by atoms with van der Waals surface area (Å²) in [7, 11) is 3.99. The van der Waals surface area contributed by atoms with E-state index in [1.165, 1.54) is 0 Å². The molecule has 2 aromatic heterocycles. The molecule has 274 valence electrons. The van der Waals surface area contributed by atoms with Crippen LogP contribution in [0.5, 0.6) is 5.75 Å². The number of hydrogen-bond acceptors (Lipinski definition) is 11. The van der Waals surface area contributed by atoms with Crippen LogP contribution >= 0.6 is 0 Å². The molecule has 4 aromatic rings. The molecule has 11 nitrogen and oxygen atoms in total. The van der Waals surface area contributed by atoms with Crippen LogP contribution in [0.3, 0.4) is 0 Å².